The van der Waals surface area contributed by atoms with E-state index in [0.717, 1.165) is 6.07 Å². The molecule has 1 saturated heterocycles. The molecule has 0 radical (unpaired) electrons. The standard InChI is InChI=1S/C12H17N3O4S/c1-9-2-3-11(8-12(9)15(16)17)20(18,19)14-6-4-10(13)5-7-14/h2-3,8,10H,4-7,13H2,1H3. The highest BCUT2D eigenvalue weighted by Crippen LogP contribution is 2.26. The van der Waals surface area contributed by atoms with E-state index in [1.165, 1.54) is 16.4 Å². The Morgan fingerprint density at radius 3 is 2.50 bits per heavy atom. The summed E-state index contributed by atoms with van der Waals surface area (Å²) in [5.41, 5.74) is 6.01. The highest BCUT2D eigenvalue weighted by atomic mass is 32.2. The average molecular weight is 299 g/mol. The van der Waals surface area contributed by atoms with Gasteiger partial charge < -0.3 is 5.73 Å². The maximum atomic E-state index is 12.4. The molecule has 1 fully saturated rings. The van der Waals surface area contributed by atoms with Gasteiger partial charge in [-0.05, 0) is 25.8 Å². The Bertz CT molecular complexity index is 622. The van der Waals surface area contributed by atoms with Crippen LogP contribution < -0.4 is 5.73 Å². The van der Waals surface area contributed by atoms with E-state index >= 15 is 0 Å². The second-order valence-electron chi connectivity index (χ2n) is 4.95. The molecule has 0 amide bonds. The lowest BCUT2D eigenvalue weighted by molar-refractivity contribution is -0.385. The third-order valence-electron chi connectivity index (χ3n) is 3.51. The summed E-state index contributed by atoms with van der Waals surface area (Å²) in [5.74, 6) is 0. The molecule has 1 aliphatic heterocycles. The highest BCUT2D eigenvalue weighted by Gasteiger charge is 2.29. The molecule has 0 aliphatic carbocycles. The van der Waals surface area contributed by atoms with Gasteiger partial charge >= 0.3 is 0 Å². The molecule has 1 aromatic carbocycles. The lowest BCUT2D eigenvalue weighted by Gasteiger charge is -2.29. The van der Waals surface area contributed by atoms with Gasteiger partial charge in [0.2, 0.25) is 10.0 Å². The van der Waals surface area contributed by atoms with E-state index in [1.807, 2.05) is 0 Å². The predicted octanol–water partition coefficient (Wildman–Crippen LogP) is 1.02. The van der Waals surface area contributed by atoms with Gasteiger partial charge in [-0.25, -0.2) is 8.42 Å². The number of nitro benzene ring substituents is 1. The van der Waals surface area contributed by atoms with Gasteiger partial charge in [0, 0.05) is 30.8 Å². The summed E-state index contributed by atoms with van der Waals surface area (Å²) in [6.07, 6.45) is 1.21. The Balaban J connectivity index is 2.35. The van der Waals surface area contributed by atoms with Gasteiger partial charge in [0.25, 0.3) is 5.69 Å². The molecule has 7 nitrogen and oxygen atoms in total. The fourth-order valence-corrected chi connectivity index (χ4v) is 3.70. The molecule has 2 rings (SSSR count). The molecule has 0 aromatic heterocycles. The Kier molecular flexibility index (Phi) is 4.07. The molecule has 1 aliphatic rings. The van der Waals surface area contributed by atoms with Crippen LogP contribution in [-0.2, 0) is 10.0 Å². The third-order valence-corrected chi connectivity index (χ3v) is 5.41. The zero-order valence-corrected chi connectivity index (χ0v) is 12.0. The fraction of sp³-hybridized carbons (Fsp3) is 0.500. The molecule has 0 atom stereocenters. The lowest BCUT2D eigenvalue weighted by atomic mass is 10.1. The second-order valence-corrected chi connectivity index (χ2v) is 6.88. The summed E-state index contributed by atoms with van der Waals surface area (Å²) < 4.78 is 26.2. The molecular formula is C12H17N3O4S. The van der Waals surface area contributed by atoms with Crippen molar-refractivity contribution in [3.8, 4) is 0 Å². The lowest BCUT2D eigenvalue weighted by Crippen LogP contribution is -2.42. The number of sulfonamides is 1. The summed E-state index contributed by atoms with van der Waals surface area (Å²) >= 11 is 0. The van der Waals surface area contributed by atoms with E-state index in [2.05, 4.69) is 0 Å². The zero-order valence-electron chi connectivity index (χ0n) is 11.2. The van der Waals surface area contributed by atoms with Gasteiger partial charge in [-0.3, -0.25) is 10.1 Å². The summed E-state index contributed by atoms with van der Waals surface area (Å²) in [6.45, 7) is 2.28. The van der Waals surface area contributed by atoms with Crippen molar-refractivity contribution in [3.63, 3.8) is 0 Å². The van der Waals surface area contributed by atoms with Gasteiger partial charge in [0.05, 0.1) is 9.82 Å². The van der Waals surface area contributed by atoms with Crippen LogP contribution >= 0.6 is 0 Å². The van der Waals surface area contributed by atoms with E-state index in [9.17, 15) is 18.5 Å². The van der Waals surface area contributed by atoms with Crippen LogP contribution in [0.15, 0.2) is 23.1 Å². The smallest absolute Gasteiger partial charge is 0.273 e. The van der Waals surface area contributed by atoms with Crippen molar-refractivity contribution in [2.75, 3.05) is 13.1 Å². The molecular weight excluding hydrogens is 282 g/mol. The van der Waals surface area contributed by atoms with Crippen molar-refractivity contribution in [2.24, 2.45) is 5.73 Å². The van der Waals surface area contributed by atoms with Gasteiger partial charge in [0.15, 0.2) is 0 Å². The number of aryl methyl sites for hydroxylation is 1. The van der Waals surface area contributed by atoms with Crippen LogP contribution in [0.3, 0.4) is 0 Å². The van der Waals surface area contributed by atoms with Crippen molar-refractivity contribution in [1.29, 1.82) is 0 Å². The second kappa shape index (κ2) is 5.47. The average Bonchev–Trinajstić information content (AvgIpc) is 2.39. The Morgan fingerprint density at radius 1 is 1.35 bits per heavy atom. The number of hydrogen-bond donors (Lipinski definition) is 1. The molecule has 1 aromatic rings. The van der Waals surface area contributed by atoms with Crippen LogP contribution in [-0.4, -0.2) is 36.8 Å². The number of nitro groups is 1. The van der Waals surface area contributed by atoms with E-state index < -0.39 is 14.9 Å². The van der Waals surface area contributed by atoms with Crippen molar-refractivity contribution in [3.05, 3.63) is 33.9 Å². The number of benzene rings is 1. The van der Waals surface area contributed by atoms with Gasteiger partial charge in [-0.15, -0.1) is 0 Å². The number of rotatable bonds is 3. The van der Waals surface area contributed by atoms with Crippen LogP contribution in [0.5, 0.6) is 0 Å². The van der Waals surface area contributed by atoms with Gasteiger partial charge in [0.1, 0.15) is 0 Å². The van der Waals surface area contributed by atoms with Gasteiger partial charge in [-0.2, -0.15) is 4.31 Å². The maximum Gasteiger partial charge on any atom is 0.273 e. The Hall–Kier alpha value is -1.51. The normalized spacial score (nSPS) is 18.1. The largest absolute Gasteiger partial charge is 0.328 e. The van der Waals surface area contributed by atoms with E-state index in [1.54, 1.807) is 6.92 Å². The maximum absolute atomic E-state index is 12.4. The van der Waals surface area contributed by atoms with Crippen LogP contribution in [0.1, 0.15) is 18.4 Å². The van der Waals surface area contributed by atoms with Crippen molar-refractivity contribution in [2.45, 2.75) is 30.7 Å². The molecule has 0 bridgehead atoms. The molecule has 1 heterocycles. The molecule has 2 N–H and O–H groups in total. The first-order valence-corrected chi connectivity index (χ1v) is 7.77. The van der Waals surface area contributed by atoms with Crippen molar-refractivity contribution < 1.29 is 13.3 Å². The van der Waals surface area contributed by atoms with Crippen LogP contribution in [0, 0.1) is 17.0 Å². The molecule has 110 valence electrons. The minimum absolute atomic E-state index is 0.0220. The van der Waals surface area contributed by atoms with Crippen LogP contribution in [0.4, 0.5) is 5.69 Å². The SMILES string of the molecule is Cc1ccc(S(=O)(=O)N2CCC(N)CC2)cc1[N+](=O)[O-]. The number of nitrogens with two attached hydrogens (primary N) is 1. The number of piperidine rings is 1. The van der Waals surface area contributed by atoms with Crippen LogP contribution in [0.2, 0.25) is 0 Å². The molecule has 20 heavy (non-hydrogen) atoms. The highest BCUT2D eigenvalue weighted by molar-refractivity contribution is 7.89. The molecule has 0 saturated carbocycles. The monoisotopic (exact) mass is 299 g/mol. The predicted molar refractivity (Wildman–Crippen MR) is 73.8 cm³/mol. The van der Waals surface area contributed by atoms with Crippen LogP contribution in [0.25, 0.3) is 0 Å². The first kappa shape index (κ1) is 14.9. The molecule has 8 heteroatoms. The quantitative estimate of drug-likeness (QED) is 0.662. The Labute approximate surface area is 117 Å². The third kappa shape index (κ3) is 2.82. The number of hydrogen-bond acceptors (Lipinski definition) is 5. The minimum Gasteiger partial charge on any atom is -0.328 e. The van der Waals surface area contributed by atoms with Gasteiger partial charge in [-0.1, -0.05) is 6.07 Å². The van der Waals surface area contributed by atoms with Crippen molar-refractivity contribution >= 4 is 15.7 Å². The molecule has 0 spiro atoms. The summed E-state index contributed by atoms with van der Waals surface area (Å²) in [5, 5.41) is 10.9. The molecule has 0 unspecified atom stereocenters. The topological polar surface area (TPSA) is 107 Å². The fourth-order valence-electron chi connectivity index (χ4n) is 2.21. The van der Waals surface area contributed by atoms with E-state index in [0.29, 0.717) is 31.5 Å². The summed E-state index contributed by atoms with van der Waals surface area (Å²) in [4.78, 5) is 10.3. The minimum atomic E-state index is -3.68. The zero-order chi connectivity index (χ0) is 14.9. The summed E-state index contributed by atoms with van der Waals surface area (Å²) in [7, 11) is -3.68. The van der Waals surface area contributed by atoms with Crippen molar-refractivity contribution in [1.82, 2.24) is 4.31 Å². The summed E-state index contributed by atoms with van der Waals surface area (Å²) in [6, 6.07) is 4.01. The van der Waals surface area contributed by atoms with E-state index in [4.69, 9.17) is 5.73 Å². The first-order chi connectivity index (χ1) is 9.32. The Morgan fingerprint density at radius 2 is 1.95 bits per heavy atom. The van der Waals surface area contributed by atoms with E-state index in [-0.39, 0.29) is 16.6 Å². The number of nitrogens with zero attached hydrogens (tertiary/aromatic N) is 2. The first-order valence-electron chi connectivity index (χ1n) is 6.33.